The molecule has 0 saturated heterocycles. The van der Waals surface area contributed by atoms with Crippen LogP contribution in [0.1, 0.15) is 25.0 Å². The number of carbonyl (C=O) groups is 1. The van der Waals surface area contributed by atoms with E-state index in [1.54, 1.807) is 7.11 Å². The molecule has 0 atom stereocenters. The zero-order valence-corrected chi connectivity index (χ0v) is 17.1. The van der Waals surface area contributed by atoms with E-state index in [4.69, 9.17) is 9.47 Å². The number of rotatable bonds is 8. The first kappa shape index (κ1) is 20.3. The smallest absolute Gasteiger partial charge is 0.262 e. The molecule has 2 aromatic rings. The van der Waals surface area contributed by atoms with Crippen molar-refractivity contribution < 1.29 is 14.3 Å². The highest BCUT2D eigenvalue weighted by atomic mass is 79.9. The number of hydrogen-bond acceptors (Lipinski definition) is 4. The molecular weight excluding hydrogens is 396 g/mol. The minimum Gasteiger partial charge on any atom is -0.493 e. The fraction of sp³-hybridized carbons (Fsp3) is 0.350. The van der Waals surface area contributed by atoms with Crippen LogP contribution in [0.5, 0.6) is 11.5 Å². The summed E-state index contributed by atoms with van der Waals surface area (Å²) in [5.41, 5.74) is 2.94. The second kappa shape index (κ2) is 9.59. The normalized spacial score (nSPS) is 10.7. The zero-order valence-electron chi connectivity index (χ0n) is 15.6. The summed E-state index contributed by atoms with van der Waals surface area (Å²) < 4.78 is 12.0. The van der Waals surface area contributed by atoms with Gasteiger partial charge in [-0.1, -0.05) is 47.5 Å². The summed E-state index contributed by atoms with van der Waals surface area (Å²) in [5.74, 6) is 0.890. The number of hydrogen-bond donors (Lipinski definition) is 2. The molecule has 6 heteroatoms. The molecule has 0 fully saturated rings. The van der Waals surface area contributed by atoms with E-state index in [0.29, 0.717) is 24.1 Å². The summed E-state index contributed by atoms with van der Waals surface area (Å²) in [7, 11) is 1.59. The van der Waals surface area contributed by atoms with Crippen molar-refractivity contribution >= 4 is 27.5 Å². The Kier molecular flexibility index (Phi) is 7.48. The van der Waals surface area contributed by atoms with E-state index < -0.39 is 0 Å². The molecule has 2 aromatic carbocycles. The van der Waals surface area contributed by atoms with Crippen molar-refractivity contribution in [3.8, 4) is 11.5 Å². The Balaban J connectivity index is 2.00. The van der Waals surface area contributed by atoms with Crippen LogP contribution in [0.4, 0.5) is 5.69 Å². The van der Waals surface area contributed by atoms with Gasteiger partial charge in [-0.3, -0.25) is 4.79 Å². The third kappa shape index (κ3) is 6.04. The number of ether oxygens (including phenoxy) is 2. The quantitative estimate of drug-likeness (QED) is 0.668. The van der Waals surface area contributed by atoms with Crippen molar-refractivity contribution in [2.45, 2.75) is 33.4 Å². The van der Waals surface area contributed by atoms with Gasteiger partial charge >= 0.3 is 0 Å². The average Bonchev–Trinajstić information content (AvgIpc) is 2.60. The average molecular weight is 421 g/mol. The van der Waals surface area contributed by atoms with Gasteiger partial charge in [0.25, 0.3) is 5.91 Å². The first-order chi connectivity index (χ1) is 12.4. The fourth-order valence-corrected chi connectivity index (χ4v) is 2.74. The number of anilines is 1. The molecule has 2 rings (SSSR count). The second-order valence-electron chi connectivity index (χ2n) is 6.33. The summed E-state index contributed by atoms with van der Waals surface area (Å²) >= 11 is 3.55. The lowest BCUT2D eigenvalue weighted by Gasteiger charge is -2.15. The Bertz CT molecular complexity index is 745. The van der Waals surface area contributed by atoms with Crippen molar-refractivity contribution in [2.24, 2.45) is 0 Å². The van der Waals surface area contributed by atoms with Crippen molar-refractivity contribution in [1.82, 2.24) is 5.32 Å². The van der Waals surface area contributed by atoms with E-state index in [1.807, 2.05) is 43.3 Å². The molecule has 1 amide bonds. The summed E-state index contributed by atoms with van der Waals surface area (Å²) in [6.07, 6.45) is 0. The molecule has 0 saturated carbocycles. The van der Waals surface area contributed by atoms with Gasteiger partial charge in [0.15, 0.2) is 18.1 Å². The number of nitrogens with one attached hydrogen (secondary N) is 2. The molecule has 26 heavy (non-hydrogen) atoms. The predicted octanol–water partition coefficient (Wildman–Crippen LogP) is 4.28. The second-order valence-corrected chi connectivity index (χ2v) is 7.19. The minimum atomic E-state index is -0.224. The molecule has 0 aromatic heterocycles. The third-order valence-electron chi connectivity index (χ3n) is 3.73. The Morgan fingerprint density at radius 2 is 1.85 bits per heavy atom. The van der Waals surface area contributed by atoms with Crippen molar-refractivity contribution in [1.29, 1.82) is 0 Å². The molecule has 0 aliphatic heterocycles. The lowest BCUT2D eigenvalue weighted by Crippen LogP contribution is -2.22. The first-order valence-corrected chi connectivity index (χ1v) is 9.27. The molecule has 0 radical (unpaired) electrons. The van der Waals surface area contributed by atoms with Gasteiger partial charge in [-0.2, -0.15) is 0 Å². The topological polar surface area (TPSA) is 59.6 Å². The molecule has 2 N–H and O–H groups in total. The van der Waals surface area contributed by atoms with Crippen LogP contribution in [0.2, 0.25) is 0 Å². The Hall–Kier alpha value is -2.05. The van der Waals surface area contributed by atoms with E-state index >= 15 is 0 Å². The number of amides is 1. The van der Waals surface area contributed by atoms with Crippen molar-refractivity contribution in [3.63, 3.8) is 0 Å². The maximum atomic E-state index is 12.1. The highest BCUT2D eigenvalue weighted by Gasteiger charge is 2.12. The van der Waals surface area contributed by atoms with E-state index in [9.17, 15) is 4.79 Å². The van der Waals surface area contributed by atoms with Crippen LogP contribution in [0, 0.1) is 6.92 Å². The van der Waals surface area contributed by atoms with Gasteiger partial charge in [0.05, 0.1) is 7.11 Å². The lowest BCUT2D eigenvalue weighted by atomic mass is 10.2. The van der Waals surface area contributed by atoms with Crippen LogP contribution in [-0.4, -0.2) is 25.7 Å². The number of halogens is 1. The van der Waals surface area contributed by atoms with Gasteiger partial charge in [0.1, 0.15) is 0 Å². The highest BCUT2D eigenvalue weighted by Crippen LogP contribution is 2.33. The minimum absolute atomic E-state index is 0.0970. The number of benzene rings is 2. The van der Waals surface area contributed by atoms with Gasteiger partial charge in [-0.25, -0.2) is 0 Å². The van der Waals surface area contributed by atoms with E-state index in [0.717, 1.165) is 21.3 Å². The molecule has 0 bridgehead atoms. The van der Waals surface area contributed by atoms with E-state index in [2.05, 4.69) is 40.4 Å². The summed E-state index contributed by atoms with van der Waals surface area (Å²) in [6, 6.07) is 11.7. The largest absolute Gasteiger partial charge is 0.493 e. The molecule has 0 aliphatic rings. The number of aryl methyl sites for hydroxylation is 1. The molecule has 0 aliphatic carbocycles. The summed E-state index contributed by atoms with van der Waals surface area (Å²) in [4.78, 5) is 12.1. The van der Waals surface area contributed by atoms with Crippen molar-refractivity contribution in [2.75, 3.05) is 19.0 Å². The molecule has 0 unspecified atom stereocenters. The van der Waals surface area contributed by atoms with Gasteiger partial charge in [-0.15, -0.1) is 0 Å². The fourth-order valence-electron chi connectivity index (χ4n) is 2.28. The maximum absolute atomic E-state index is 12.1. The molecule has 0 heterocycles. The molecule has 140 valence electrons. The van der Waals surface area contributed by atoms with Crippen LogP contribution in [-0.2, 0) is 11.3 Å². The van der Waals surface area contributed by atoms with Crippen LogP contribution < -0.4 is 20.1 Å². The Morgan fingerprint density at radius 3 is 2.46 bits per heavy atom. The van der Waals surface area contributed by atoms with Crippen LogP contribution in [0.15, 0.2) is 40.9 Å². The number of methoxy groups -OCH3 is 1. The van der Waals surface area contributed by atoms with E-state index in [1.165, 1.54) is 0 Å². The molecule has 0 spiro atoms. The summed E-state index contributed by atoms with van der Waals surface area (Å²) in [6.45, 7) is 6.80. The van der Waals surface area contributed by atoms with Gasteiger partial charge in [0.2, 0.25) is 0 Å². The van der Waals surface area contributed by atoms with Gasteiger partial charge in [0, 0.05) is 22.7 Å². The maximum Gasteiger partial charge on any atom is 0.262 e. The van der Waals surface area contributed by atoms with Gasteiger partial charge in [-0.05, 0) is 36.8 Å². The van der Waals surface area contributed by atoms with E-state index in [-0.39, 0.29) is 12.5 Å². The lowest BCUT2D eigenvalue weighted by molar-refractivity contribution is -0.118. The Labute approximate surface area is 163 Å². The first-order valence-electron chi connectivity index (χ1n) is 8.48. The monoisotopic (exact) mass is 420 g/mol. The Morgan fingerprint density at radius 1 is 1.15 bits per heavy atom. The van der Waals surface area contributed by atoms with Crippen LogP contribution >= 0.6 is 15.9 Å². The van der Waals surface area contributed by atoms with Crippen LogP contribution in [0.25, 0.3) is 0 Å². The van der Waals surface area contributed by atoms with Gasteiger partial charge < -0.3 is 20.1 Å². The van der Waals surface area contributed by atoms with Crippen LogP contribution in [0.3, 0.4) is 0 Å². The number of carbonyl (C=O) groups excluding carboxylic acids is 1. The highest BCUT2D eigenvalue weighted by molar-refractivity contribution is 9.10. The standard InChI is InChI=1S/C20H25BrN2O3/c1-13(2)22-11-15-9-18(25-4)19(10-17(15)21)26-12-20(24)23-16-7-5-14(3)6-8-16/h5-10,13,22H,11-12H2,1-4H3,(H,23,24). The predicted molar refractivity (Wildman–Crippen MR) is 108 cm³/mol. The third-order valence-corrected chi connectivity index (χ3v) is 4.47. The SMILES string of the molecule is COc1cc(CNC(C)C)c(Br)cc1OCC(=O)Nc1ccc(C)cc1. The molecular formula is C20H25BrN2O3. The molecule has 5 nitrogen and oxygen atoms in total. The summed E-state index contributed by atoms with van der Waals surface area (Å²) in [5, 5.41) is 6.17. The zero-order chi connectivity index (χ0) is 19.1. The van der Waals surface area contributed by atoms with Crippen molar-refractivity contribution in [3.05, 3.63) is 52.0 Å².